The first-order chi connectivity index (χ1) is 6.33. The van der Waals surface area contributed by atoms with Gasteiger partial charge in [0.2, 0.25) is 5.91 Å². The molecule has 1 fully saturated rings. The quantitative estimate of drug-likeness (QED) is 0.691. The van der Waals surface area contributed by atoms with Crippen LogP contribution in [0.3, 0.4) is 0 Å². The first kappa shape index (κ1) is 10.9. The van der Waals surface area contributed by atoms with Crippen LogP contribution in [0.2, 0.25) is 0 Å². The van der Waals surface area contributed by atoms with Crippen LogP contribution in [0.4, 0.5) is 0 Å². The van der Waals surface area contributed by atoms with E-state index in [4.69, 9.17) is 0 Å². The fourth-order valence-electron chi connectivity index (χ4n) is 1.60. The van der Waals surface area contributed by atoms with Gasteiger partial charge >= 0.3 is 0 Å². The smallest absolute Gasteiger partial charge is 0.219 e. The molecule has 0 aromatic carbocycles. The van der Waals surface area contributed by atoms with Gasteiger partial charge in [0.25, 0.3) is 0 Å². The van der Waals surface area contributed by atoms with E-state index < -0.39 is 0 Å². The lowest BCUT2D eigenvalue weighted by Crippen LogP contribution is -2.25. The lowest BCUT2D eigenvalue weighted by atomic mass is 10.4. The second-order valence-corrected chi connectivity index (χ2v) is 4.89. The zero-order valence-electron chi connectivity index (χ0n) is 8.34. The minimum absolute atomic E-state index is 0.173. The Morgan fingerprint density at radius 3 is 2.77 bits per heavy atom. The Labute approximate surface area is 84.9 Å². The molecule has 0 atom stereocenters. The predicted molar refractivity (Wildman–Crippen MR) is 58.0 cm³/mol. The van der Waals surface area contributed by atoms with Gasteiger partial charge in [-0.3, -0.25) is 4.79 Å². The summed E-state index contributed by atoms with van der Waals surface area (Å²) in [5.74, 6) is 1.25. The zero-order chi connectivity index (χ0) is 9.52. The molecule has 1 N–H and O–H groups in total. The Bertz CT molecular complexity index is 155. The molecule has 2 nitrogen and oxygen atoms in total. The summed E-state index contributed by atoms with van der Waals surface area (Å²) >= 11 is 2.02. The number of thioether (sulfide) groups is 1. The van der Waals surface area contributed by atoms with E-state index in [1.165, 1.54) is 25.7 Å². The highest BCUT2D eigenvalue weighted by atomic mass is 32.2. The van der Waals surface area contributed by atoms with Crippen LogP contribution < -0.4 is 5.32 Å². The van der Waals surface area contributed by atoms with Gasteiger partial charge in [0, 0.05) is 24.0 Å². The van der Waals surface area contributed by atoms with Crippen molar-refractivity contribution in [1.82, 2.24) is 5.32 Å². The molecule has 76 valence electrons. The first-order valence-electron chi connectivity index (χ1n) is 5.21. The third-order valence-electron chi connectivity index (χ3n) is 2.40. The first-order valence-corrected chi connectivity index (χ1v) is 6.26. The van der Waals surface area contributed by atoms with Crippen LogP contribution in [0.25, 0.3) is 0 Å². The van der Waals surface area contributed by atoms with E-state index in [0.29, 0.717) is 6.42 Å². The molecule has 0 aromatic rings. The van der Waals surface area contributed by atoms with Gasteiger partial charge in [-0.25, -0.2) is 0 Å². The SMILES string of the molecule is CCC(=O)NCCSC1CCCC1. The summed E-state index contributed by atoms with van der Waals surface area (Å²) < 4.78 is 0. The Morgan fingerprint density at radius 2 is 2.15 bits per heavy atom. The normalized spacial score (nSPS) is 17.6. The Hall–Kier alpha value is -0.180. The number of hydrogen-bond donors (Lipinski definition) is 1. The fourth-order valence-corrected chi connectivity index (χ4v) is 2.82. The highest BCUT2D eigenvalue weighted by molar-refractivity contribution is 7.99. The molecule has 1 amide bonds. The molecule has 0 aliphatic heterocycles. The molecule has 0 radical (unpaired) electrons. The maximum atomic E-state index is 10.9. The molecular weight excluding hydrogens is 182 g/mol. The van der Waals surface area contributed by atoms with E-state index in [2.05, 4.69) is 5.32 Å². The molecule has 3 heteroatoms. The van der Waals surface area contributed by atoms with Gasteiger partial charge < -0.3 is 5.32 Å². The molecule has 0 unspecified atom stereocenters. The summed E-state index contributed by atoms with van der Waals surface area (Å²) in [7, 11) is 0. The maximum absolute atomic E-state index is 10.9. The second-order valence-electron chi connectivity index (χ2n) is 3.48. The van der Waals surface area contributed by atoms with Gasteiger partial charge in [-0.05, 0) is 12.8 Å². The zero-order valence-corrected chi connectivity index (χ0v) is 9.16. The summed E-state index contributed by atoms with van der Waals surface area (Å²) in [5.41, 5.74) is 0. The number of nitrogens with one attached hydrogen (secondary N) is 1. The number of hydrogen-bond acceptors (Lipinski definition) is 2. The number of carbonyl (C=O) groups excluding carboxylic acids is 1. The Balaban J connectivity index is 1.91. The average Bonchev–Trinajstić information content (AvgIpc) is 2.64. The van der Waals surface area contributed by atoms with Crippen LogP contribution in [0.5, 0.6) is 0 Å². The van der Waals surface area contributed by atoms with Gasteiger partial charge in [-0.2, -0.15) is 11.8 Å². The average molecular weight is 201 g/mol. The molecule has 0 heterocycles. The molecule has 13 heavy (non-hydrogen) atoms. The molecule has 1 aliphatic carbocycles. The summed E-state index contributed by atoms with van der Waals surface area (Å²) in [6, 6.07) is 0. The van der Waals surface area contributed by atoms with Crippen LogP contribution in [-0.4, -0.2) is 23.5 Å². The fraction of sp³-hybridized carbons (Fsp3) is 0.900. The predicted octanol–water partition coefficient (Wildman–Crippen LogP) is 2.19. The van der Waals surface area contributed by atoms with Crippen LogP contribution in [0.15, 0.2) is 0 Å². The van der Waals surface area contributed by atoms with Crippen molar-refractivity contribution in [3.05, 3.63) is 0 Å². The maximum Gasteiger partial charge on any atom is 0.219 e. The summed E-state index contributed by atoms with van der Waals surface area (Å²) in [6.45, 7) is 2.73. The lowest BCUT2D eigenvalue weighted by molar-refractivity contribution is -0.120. The van der Waals surface area contributed by atoms with E-state index in [1.807, 2.05) is 18.7 Å². The standard InChI is InChI=1S/C10H19NOS/c1-2-10(12)11-7-8-13-9-5-3-4-6-9/h9H,2-8H2,1H3,(H,11,12). The third kappa shape index (κ3) is 4.55. The van der Waals surface area contributed by atoms with Crippen molar-refractivity contribution in [3.8, 4) is 0 Å². The Morgan fingerprint density at radius 1 is 1.46 bits per heavy atom. The topological polar surface area (TPSA) is 29.1 Å². The molecular formula is C10H19NOS. The van der Waals surface area contributed by atoms with Crippen LogP contribution in [0.1, 0.15) is 39.0 Å². The molecule has 1 rings (SSSR count). The molecule has 0 saturated heterocycles. The van der Waals surface area contributed by atoms with Crippen LogP contribution in [-0.2, 0) is 4.79 Å². The van der Waals surface area contributed by atoms with Crippen molar-refractivity contribution in [1.29, 1.82) is 0 Å². The van der Waals surface area contributed by atoms with Crippen molar-refractivity contribution in [2.45, 2.75) is 44.3 Å². The molecule has 0 spiro atoms. The van der Waals surface area contributed by atoms with Crippen molar-refractivity contribution < 1.29 is 4.79 Å². The van der Waals surface area contributed by atoms with Crippen molar-refractivity contribution in [3.63, 3.8) is 0 Å². The van der Waals surface area contributed by atoms with Crippen LogP contribution in [0, 0.1) is 0 Å². The highest BCUT2D eigenvalue weighted by Crippen LogP contribution is 2.28. The molecule has 1 aliphatic rings. The molecule has 0 aromatic heterocycles. The van der Waals surface area contributed by atoms with Gasteiger partial charge in [0.1, 0.15) is 0 Å². The highest BCUT2D eigenvalue weighted by Gasteiger charge is 2.14. The summed E-state index contributed by atoms with van der Waals surface area (Å²) in [4.78, 5) is 10.9. The van der Waals surface area contributed by atoms with Gasteiger partial charge in [-0.15, -0.1) is 0 Å². The number of rotatable bonds is 5. The second kappa shape index (κ2) is 6.30. The van der Waals surface area contributed by atoms with Crippen molar-refractivity contribution in [2.24, 2.45) is 0 Å². The number of amides is 1. The van der Waals surface area contributed by atoms with Crippen LogP contribution >= 0.6 is 11.8 Å². The molecule has 0 bridgehead atoms. The summed E-state index contributed by atoms with van der Waals surface area (Å²) in [6.07, 6.45) is 6.17. The number of carbonyl (C=O) groups is 1. The third-order valence-corrected chi connectivity index (χ3v) is 3.78. The van der Waals surface area contributed by atoms with E-state index in [1.54, 1.807) is 0 Å². The van der Waals surface area contributed by atoms with E-state index in [9.17, 15) is 4.79 Å². The monoisotopic (exact) mass is 201 g/mol. The largest absolute Gasteiger partial charge is 0.355 e. The van der Waals surface area contributed by atoms with E-state index in [-0.39, 0.29) is 5.91 Å². The van der Waals surface area contributed by atoms with E-state index >= 15 is 0 Å². The lowest BCUT2D eigenvalue weighted by Gasteiger charge is -2.08. The van der Waals surface area contributed by atoms with Gasteiger partial charge in [0.05, 0.1) is 0 Å². The minimum Gasteiger partial charge on any atom is -0.355 e. The van der Waals surface area contributed by atoms with Crippen molar-refractivity contribution >= 4 is 17.7 Å². The van der Waals surface area contributed by atoms with Gasteiger partial charge in [0.15, 0.2) is 0 Å². The Kier molecular flexibility index (Phi) is 5.28. The molecule has 1 saturated carbocycles. The van der Waals surface area contributed by atoms with Crippen molar-refractivity contribution in [2.75, 3.05) is 12.3 Å². The minimum atomic E-state index is 0.173. The summed E-state index contributed by atoms with van der Waals surface area (Å²) in [5, 5.41) is 3.77. The van der Waals surface area contributed by atoms with E-state index in [0.717, 1.165) is 17.5 Å². The van der Waals surface area contributed by atoms with Gasteiger partial charge in [-0.1, -0.05) is 19.8 Å².